The molecule has 0 bridgehead atoms. The van der Waals surface area contributed by atoms with Crippen molar-refractivity contribution in [3.63, 3.8) is 0 Å². The number of hydrogen-bond acceptors (Lipinski definition) is 4. The van der Waals surface area contributed by atoms with E-state index in [1.807, 2.05) is 58.9 Å². The Bertz CT molecular complexity index is 920. The lowest BCUT2D eigenvalue weighted by Crippen LogP contribution is -2.43. The van der Waals surface area contributed by atoms with E-state index >= 15 is 0 Å². The fourth-order valence-corrected chi connectivity index (χ4v) is 3.25. The minimum Gasteiger partial charge on any atom is -0.481 e. The molecular weight excluding hydrogens is 316 g/mol. The maximum absolute atomic E-state index is 12.7. The minimum atomic E-state index is -0.521. The molecule has 0 fully saturated rings. The molecule has 6 heteroatoms. The monoisotopic (exact) mass is 336 g/mol. The molecule has 1 aliphatic rings. The number of carbonyl (C=O) groups is 1. The van der Waals surface area contributed by atoms with Gasteiger partial charge in [0.2, 0.25) is 0 Å². The third-order valence-electron chi connectivity index (χ3n) is 4.49. The number of para-hydroxylation sites is 1. The average molecular weight is 336 g/mol. The van der Waals surface area contributed by atoms with Gasteiger partial charge in [-0.3, -0.25) is 4.79 Å². The second kappa shape index (κ2) is 6.20. The van der Waals surface area contributed by atoms with E-state index in [0.29, 0.717) is 18.8 Å². The van der Waals surface area contributed by atoms with E-state index in [2.05, 4.69) is 10.1 Å². The number of nitrogens with zero attached hydrogens (tertiary/aromatic N) is 4. The molecular formula is C19H20N4O2. The fraction of sp³-hybridized carbons (Fsp3) is 0.316. The molecule has 0 N–H and O–H groups in total. The molecule has 0 radical (unpaired) electrons. The first kappa shape index (κ1) is 15.6. The van der Waals surface area contributed by atoms with Gasteiger partial charge in [0.25, 0.3) is 5.91 Å². The largest absolute Gasteiger partial charge is 0.481 e. The molecule has 3 heterocycles. The summed E-state index contributed by atoms with van der Waals surface area (Å²) in [5.74, 6) is 0.697. The lowest BCUT2D eigenvalue weighted by Gasteiger charge is -2.30. The van der Waals surface area contributed by atoms with Crippen molar-refractivity contribution in [3.8, 4) is 5.75 Å². The third-order valence-corrected chi connectivity index (χ3v) is 4.49. The Kier molecular flexibility index (Phi) is 3.87. The fourth-order valence-electron chi connectivity index (χ4n) is 3.25. The summed E-state index contributed by atoms with van der Waals surface area (Å²) in [5, 5.41) is 4.51. The van der Waals surface area contributed by atoms with Crippen molar-refractivity contribution in [3.05, 3.63) is 59.5 Å². The molecule has 3 aromatic rings. The maximum Gasteiger partial charge on any atom is 0.263 e. The van der Waals surface area contributed by atoms with Crippen molar-refractivity contribution < 1.29 is 9.53 Å². The highest BCUT2D eigenvalue weighted by Gasteiger charge is 2.27. The van der Waals surface area contributed by atoms with Gasteiger partial charge in [-0.25, -0.2) is 9.50 Å². The first-order chi connectivity index (χ1) is 12.1. The van der Waals surface area contributed by atoms with Gasteiger partial charge in [-0.05, 0) is 26.0 Å². The summed E-state index contributed by atoms with van der Waals surface area (Å²) in [6, 6.07) is 11.4. The smallest absolute Gasteiger partial charge is 0.263 e. The SMILES string of the molecule is Cc1cc2ncc3c(n2n1)CCN(C(=O)C(C)Oc1ccccc1)C3. The molecule has 1 unspecified atom stereocenters. The van der Waals surface area contributed by atoms with Crippen LogP contribution in [-0.2, 0) is 17.8 Å². The summed E-state index contributed by atoms with van der Waals surface area (Å²) in [5.41, 5.74) is 3.99. The molecule has 128 valence electrons. The van der Waals surface area contributed by atoms with Crippen LogP contribution in [0.5, 0.6) is 5.75 Å². The Balaban J connectivity index is 1.51. The lowest BCUT2D eigenvalue weighted by molar-refractivity contribution is -0.138. The summed E-state index contributed by atoms with van der Waals surface area (Å²) in [6.07, 6.45) is 2.10. The Labute approximate surface area is 146 Å². The topological polar surface area (TPSA) is 59.7 Å². The third kappa shape index (κ3) is 2.95. The van der Waals surface area contributed by atoms with Gasteiger partial charge >= 0.3 is 0 Å². The molecule has 1 aliphatic heterocycles. The Morgan fingerprint density at radius 2 is 2.08 bits per heavy atom. The number of aromatic nitrogens is 3. The number of rotatable bonds is 3. The van der Waals surface area contributed by atoms with Crippen LogP contribution in [0.15, 0.2) is 42.6 Å². The van der Waals surface area contributed by atoms with Crippen molar-refractivity contribution in [2.24, 2.45) is 0 Å². The van der Waals surface area contributed by atoms with Crippen LogP contribution in [-0.4, -0.2) is 38.1 Å². The van der Waals surface area contributed by atoms with Gasteiger partial charge in [-0.15, -0.1) is 0 Å². The van der Waals surface area contributed by atoms with E-state index in [1.54, 1.807) is 6.92 Å². The van der Waals surface area contributed by atoms with Gasteiger partial charge < -0.3 is 9.64 Å². The quantitative estimate of drug-likeness (QED) is 0.737. The predicted octanol–water partition coefficient (Wildman–Crippen LogP) is 2.39. The number of fused-ring (bicyclic) bond motifs is 3. The van der Waals surface area contributed by atoms with Crippen molar-refractivity contribution in [1.82, 2.24) is 19.5 Å². The van der Waals surface area contributed by atoms with Crippen LogP contribution in [0.1, 0.15) is 23.9 Å². The molecule has 0 saturated carbocycles. The summed E-state index contributed by atoms with van der Waals surface area (Å²) >= 11 is 0. The van der Waals surface area contributed by atoms with Crippen LogP contribution >= 0.6 is 0 Å². The second-order valence-electron chi connectivity index (χ2n) is 6.37. The summed E-state index contributed by atoms with van der Waals surface area (Å²) in [6.45, 7) is 4.95. The number of ether oxygens (including phenoxy) is 1. The highest BCUT2D eigenvalue weighted by atomic mass is 16.5. The number of hydrogen-bond donors (Lipinski definition) is 0. The molecule has 6 nitrogen and oxygen atoms in total. The Morgan fingerprint density at radius 1 is 1.28 bits per heavy atom. The maximum atomic E-state index is 12.7. The van der Waals surface area contributed by atoms with Crippen LogP contribution in [0.4, 0.5) is 0 Å². The van der Waals surface area contributed by atoms with Gasteiger partial charge in [0.1, 0.15) is 5.75 Å². The molecule has 1 atom stereocenters. The zero-order chi connectivity index (χ0) is 17.4. The molecule has 0 saturated heterocycles. The van der Waals surface area contributed by atoms with Crippen molar-refractivity contribution in [1.29, 1.82) is 0 Å². The highest BCUT2D eigenvalue weighted by molar-refractivity contribution is 5.81. The van der Waals surface area contributed by atoms with Gasteiger partial charge in [0.15, 0.2) is 11.8 Å². The van der Waals surface area contributed by atoms with E-state index in [1.165, 1.54) is 0 Å². The first-order valence-electron chi connectivity index (χ1n) is 8.45. The molecule has 1 aromatic carbocycles. The molecule has 25 heavy (non-hydrogen) atoms. The standard InChI is InChI=1S/C19H20N4O2/c1-13-10-18-20-11-15-12-22(9-8-17(15)23(18)21-13)19(24)14(2)25-16-6-4-3-5-7-16/h3-7,10-11,14H,8-9,12H2,1-2H3. The van der Waals surface area contributed by atoms with Crippen LogP contribution in [0.3, 0.4) is 0 Å². The second-order valence-corrected chi connectivity index (χ2v) is 6.37. The Morgan fingerprint density at radius 3 is 2.88 bits per heavy atom. The lowest BCUT2D eigenvalue weighted by atomic mass is 10.1. The average Bonchev–Trinajstić information content (AvgIpc) is 3.02. The van der Waals surface area contributed by atoms with E-state index in [9.17, 15) is 4.79 Å². The number of carbonyl (C=O) groups excluding carboxylic acids is 1. The first-order valence-corrected chi connectivity index (χ1v) is 8.45. The van der Waals surface area contributed by atoms with Gasteiger partial charge in [-0.1, -0.05) is 18.2 Å². The minimum absolute atomic E-state index is 0.00811. The van der Waals surface area contributed by atoms with Crippen LogP contribution in [0.25, 0.3) is 5.65 Å². The number of aryl methyl sites for hydroxylation is 1. The van der Waals surface area contributed by atoms with Gasteiger partial charge in [0.05, 0.1) is 11.4 Å². The zero-order valence-corrected chi connectivity index (χ0v) is 14.3. The molecule has 1 amide bonds. The van der Waals surface area contributed by atoms with Gasteiger partial charge in [-0.2, -0.15) is 5.10 Å². The predicted molar refractivity (Wildman–Crippen MR) is 93.4 cm³/mol. The van der Waals surface area contributed by atoms with Crippen LogP contribution < -0.4 is 4.74 Å². The van der Waals surface area contributed by atoms with E-state index in [0.717, 1.165) is 29.0 Å². The number of benzene rings is 1. The van der Waals surface area contributed by atoms with Crippen molar-refractivity contribution in [2.45, 2.75) is 32.9 Å². The van der Waals surface area contributed by atoms with E-state index < -0.39 is 6.10 Å². The van der Waals surface area contributed by atoms with Crippen molar-refractivity contribution in [2.75, 3.05) is 6.54 Å². The van der Waals surface area contributed by atoms with E-state index in [-0.39, 0.29) is 5.91 Å². The summed E-state index contributed by atoms with van der Waals surface area (Å²) in [4.78, 5) is 19.0. The van der Waals surface area contributed by atoms with Crippen LogP contribution in [0.2, 0.25) is 0 Å². The molecule has 0 spiro atoms. The summed E-state index contributed by atoms with van der Waals surface area (Å²) < 4.78 is 7.67. The molecule has 2 aromatic heterocycles. The van der Waals surface area contributed by atoms with Gasteiger partial charge in [0, 0.05) is 37.3 Å². The Hall–Kier alpha value is -2.89. The normalized spacial score (nSPS) is 15.0. The summed E-state index contributed by atoms with van der Waals surface area (Å²) in [7, 11) is 0. The van der Waals surface area contributed by atoms with Crippen LogP contribution in [0, 0.1) is 6.92 Å². The van der Waals surface area contributed by atoms with Crippen molar-refractivity contribution >= 4 is 11.6 Å². The zero-order valence-electron chi connectivity index (χ0n) is 14.3. The molecule has 0 aliphatic carbocycles. The number of amides is 1. The highest BCUT2D eigenvalue weighted by Crippen LogP contribution is 2.21. The van der Waals surface area contributed by atoms with E-state index in [4.69, 9.17) is 4.74 Å². The molecule has 4 rings (SSSR count).